The van der Waals surface area contributed by atoms with Crippen LogP contribution in [0.25, 0.3) is 0 Å². The first-order valence-corrected chi connectivity index (χ1v) is 9.04. The van der Waals surface area contributed by atoms with Crippen LogP contribution in [0.5, 0.6) is 0 Å². The summed E-state index contributed by atoms with van der Waals surface area (Å²) in [6, 6.07) is 1.89. The zero-order valence-electron chi connectivity index (χ0n) is 14.3. The summed E-state index contributed by atoms with van der Waals surface area (Å²) < 4.78 is 5.90. The van der Waals surface area contributed by atoms with Crippen LogP contribution in [0.3, 0.4) is 0 Å². The Bertz CT molecular complexity index is 676. The molecular weight excluding hydrogens is 372 g/mol. The number of amides is 1. The van der Waals surface area contributed by atoms with E-state index in [1.54, 1.807) is 12.3 Å². The van der Waals surface area contributed by atoms with Crippen LogP contribution in [-0.4, -0.2) is 41.0 Å². The summed E-state index contributed by atoms with van der Waals surface area (Å²) in [7, 11) is 0. The normalized spacial score (nSPS) is 27.8. The van der Waals surface area contributed by atoms with Gasteiger partial charge in [0.2, 0.25) is 0 Å². The number of rotatable bonds is 3. The summed E-state index contributed by atoms with van der Waals surface area (Å²) in [4.78, 5) is 30.5. The number of hydrogen-bond donors (Lipinski definition) is 0. The van der Waals surface area contributed by atoms with Crippen molar-refractivity contribution in [2.75, 3.05) is 13.2 Å². The third-order valence-electron chi connectivity index (χ3n) is 5.00. The van der Waals surface area contributed by atoms with Gasteiger partial charge in [-0.2, -0.15) is 0 Å². The Kier molecular flexibility index (Phi) is 4.45. The van der Waals surface area contributed by atoms with Crippen LogP contribution in [0.15, 0.2) is 22.9 Å². The van der Waals surface area contributed by atoms with Crippen LogP contribution in [0, 0.1) is 10.8 Å². The number of carbonyl (C=O) groups excluding carboxylic acids is 2. The molecule has 5 nitrogen and oxygen atoms in total. The number of fused-ring (bicyclic) bond motifs is 2. The lowest BCUT2D eigenvalue weighted by molar-refractivity contribution is -0.135. The van der Waals surface area contributed by atoms with Crippen molar-refractivity contribution < 1.29 is 14.3 Å². The molecule has 0 spiro atoms. The number of nitrogens with zero attached hydrogens (tertiary/aromatic N) is 2. The molecule has 1 aliphatic heterocycles. The lowest BCUT2D eigenvalue weighted by Gasteiger charge is -2.39. The van der Waals surface area contributed by atoms with Gasteiger partial charge in [-0.05, 0) is 52.1 Å². The van der Waals surface area contributed by atoms with E-state index in [0.717, 1.165) is 25.8 Å². The number of pyridine rings is 1. The van der Waals surface area contributed by atoms with Crippen LogP contribution in [0.4, 0.5) is 0 Å². The van der Waals surface area contributed by atoms with E-state index in [1.165, 1.54) is 6.20 Å². The maximum Gasteiger partial charge on any atom is 0.340 e. The van der Waals surface area contributed by atoms with Gasteiger partial charge in [-0.3, -0.25) is 9.78 Å². The number of carbonyl (C=O) groups is 2. The highest BCUT2D eigenvalue weighted by Crippen LogP contribution is 2.52. The molecule has 2 fully saturated rings. The minimum Gasteiger partial charge on any atom is -0.452 e. The van der Waals surface area contributed by atoms with Gasteiger partial charge in [0.25, 0.3) is 5.91 Å². The van der Waals surface area contributed by atoms with E-state index in [-0.39, 0.29) is 29.4 Å². The van der Waals surface area contributed by atoms with Gasteiger partial charge >= 0.3 is 5.97 Å². The molecule has 130 valence electrons. The van der Waals surface area contributed by atoms with Crippen LogP contribution in [0.1, 0.15) is 50.4 Å². The molecule has 0 radical (unpaired) electrons. The monoisotopic (exact) mass is 394 g/mol. The molecule has 2 heterocycles. The molecule has 6 heteroatoms. The highest BCUT2D eigenvalue weighted by atomic mass is 79.9. The van der Waals surface area contributed by atoms with Crippen LogP contribution in [0.2, 0.25) is 0 Å². The lowest BCUT2D eigenvalue weighted by atomic mass is 9.65. The van der Waals surface area contributed by atoms with Crippen LogP contribution < -0.4 is 0 Å². The van der Waals surface area contributed by atoms with Gasteiger partial charge < -0.3 is 9.64 Å². The Balaban J connectivity index is 1.61. The average molecular weight is 395 g/mol. The zero-order valence-corrected chi connectivity index (χ0v) is 15.9. The summed E-state index contributed by atoms with van der Waals surface area (Å²) in [6.07, 6.45) is 6.21. The van der Waals surface area contributed by atoms with Gasteiger partial charge in [0.05, 0.1) is 5.56 Å². The fourth-order valence-corrected chi connectivity index (χ4v) is 4.93. The highest BCUT2D eigenvalue weighted by molar-refractivity contribution is 9.10. The Morgan fingerprint density at radius 2 is 2.08 bits per heavy atom. The quantitative estimate of drug-likeness (QED) is 0.736. The molecule has 3 rings (SSSR count). The van der Waals surface area contributed by atoms with Gasteiger partial charge in [-0.25, -0.2) is 4.79 Å². The molecule has 1 saturated carbocycles. The number of esters is 1. The molecule has 2 bridgehead atoms. The standard InChI is InChI=1S/C18H23BrN2O3/c1-17(2)5-14-6-18(3,10-17)11-21(14)15(22)9-24-16(23)12-4-13(19)8-20-7-12/h4,7-8,14H,5-6,9-11H2,1-3H3/t14-,18-/m0/s1. The predicted molar refractivity (Wildman–Crippen MR) is 93.5 cm³/mol. The van der Waals surface area contributed by atoms with E-state index in [1.807, 2.05) is 4.90 Å². The van der Waals surface area contributed by atoms with Crippen molar-refractivity contribution in [2.24, 2.45) is 10.8 Å². The minimum absolute atomic E-state index is 0.0993. The molecule has 1 aromatic rings. The molecule has 1 amide bonds. The molecule has 2 atom stereocenters. The van der Waals surface area contributed by atoms with Crippen molar-refractivity contribution in [3.8, 4) is 0 Å². The molecule has 0 N–H and O–H groups in total. The number of hydrogen-bond acceptors (Lipinski definition) is 4. The SMILES string of the molecule is CC1(C)C[C@H]2C[C@](C)(CN2C(=O)COC(=O)c2cncc(Br)c2)C1. The number of likely N-dealkylation sites (tertiary alicyclic amines) is 1. The first-order chi connectivity index (χ1) is 11.2. The molecule has 1 aromatic heterocycles. The van der Waals surface area contributed by atoms with E-state index >= 15 is 0 Å². The topological polar surface area (TPSA) is 59.5 Å². The summed E-state index contributed by atoms with van der Waals surface area (Å²) in [5, 5.41) is 0. The van der Waals surface area contributed by atoms with Crippen molar-refractivity contribution in [1.29, 1.82) is 0 Å². The second kappa shape index (κ2) is 6.14. The van der Waals surface area contributed by atoms with E-state index in [0.29, 0.717) is 10.0 Å². The second-order valence-corrected chi connectivity index (χ2v) is 9.12. The zero-order chi connectivity index (χ0) is 17.5. The smallest absolute Gasteiger partial charge is 0.340 e. The molecule has 24 heavy (non-hydrogen) atoms. The van der Waals surface area contributed by atoms with Crippen molar-refractivity contribution >= 4 is 27.8 Å². The minimum atomic E-state index is -0.522. The lowest BCUT2D eigenvalue weighted by Crippen LogP contribution is -2.39. The number of ether oxygens (including phenoxy) is 1. The first kappa shape index (κ1) is 17.4. The number of halogens is 1. The van der Waals surface area contributed by atoms with Gasteiger partial charge in [0.15, 0.2) is 6.61 Å². The summed E-state index contributed by atoms with van der Waals surface area (Å²) >= 11 is 3.27. The Morgan fingerprint density at radius 1 is 1.33 bits per heavy atom. The van der Waals surface area contributed by atoms with E-state index in [9.17, 15) is 9.59 Å². The fraction of sp³-hybridized carbons (Fsp3) is 0.611. The van der Waals surface area contributed by atoms with Crippen LogP contribution >= 0.6 is 15.9 Å². The Morgan fingerprint density at radius 3 is 2.79 bits per heavy atom. The molecule has 0 unspecified atom stereocenters. The van der Waals surface area contributed by atoms with E-state index in [4.69, 9.17) is 4.74 Å². The summed E-state index contributed by atoms with van der Waals surface area (Å²) in [5.74, 6) is -0.622. The third kappa shape index (κ3) is 3.63. The highest BCUT2D eigenvalue weighted by Gasteiger charge is 2.50. The fourth-order valence-electron chi connectivity index (χ4n) is 4.57. The molecular formula is C18H23BrN2O3. The van der Waals surface area contributed by atoms with E-state index in [2.05, 4.69) is 41.7 Å². The Labute approximate surface area is 150 Å². The molecule has 0 aromatic carbocycles. The van der Waals surface area contributed by atoms with Crippen molar-refractivity contribution in [1.82, 2.24) is 9.88 Å². The van der Waals surface area contributed by atoms with Gasteiger partial charge in [-0.15, -0.1) is 0 Å². The van der Waals surface area contributed by atoms with E-state index < -0.39 is 5.97 Å². The van der Waals surface area contributed by atoms with Gasteiger partial charge in [0, 0.05) is 29.5 Å². The van der Waals surface area contributed by atoms with Crippen molar-refractivity contribution in [3.63, 3.8) is 0 Å². The second-order valence-electron chi connectivity index (χ2n) is 8.20. The maximum absolute atomic E-state index is 12.6. The summed E-state index contributed by atoms with van der Waals surface area (Å²) in [5.41, 5.74) is 0.775. The number of aromatic nitrogens is 1. The van der Waals surface area contributed by atoms with Crippen molar-refractivity contribution in [3.05, 3.63) is 28.5 Å². The Hall–Kier alpha value is -1.43. The van der Waals surface area contributed by atoms with Crippen LogP contribution in [-0.2, 0) is 9.53 Å². The predicted octanol–water partition coefficient (Wildman–Crippen LogP) is 3.43. The third-order valence-corrected chi connectivity index (χ3v) is 5.44. The van der Waals surface area contributed by atoms with Crippen molar-refractivity contribution in [2.45, 2.75) is 46.1 Å². The first-order valence-electron chi connectivity index (χ1n) is 8.25. The van der Waals surface area contributed by atoms with Gasteiger partial charge in [0.1, 0.15) is 0 Å². The average Bonchev–Trinajstić information content (AvgIpc) is 2.73. The molecule has 2 aliphatic rings. The molecule has 1 saturated heterocycles. The molecule has 1 aliphatic carbocycles. The summed E-state index contributed by atoms with van der Waals surface area (Å²) in [6.45, 7) is 7.35. The largest absolute Gasteiger partial charge is 0.452 e. The van der Waals surface area contributed by atoms with Gasteiger partial charge in [-0.1, -0.05) is 20.8 Å². The maximum atomic E-state index is 12.6.